The number of anilines is 1. The Morgan fingerprint density at radius 2 is 1.95 bits per heavy atom. The summed E-state index contributed by atoms with van der Waals surface area (Å²) in [7, 11) is 0. The summed E-state index contributed by atoms with van der Waals surface area (Å²) < 4.78 is 5.25. The fourth-order valence-corrected chi connectivity index (χ4v) is 2.01. The van der Waals surface area contributed by atoms with E-state index in [0.717, 1.165) is 10.9 Å². The Labute approximate surface area is 123 Å². The van der Waals surface area contributed by atoms with Crippen molar-refractivity contribution in [3.63, 3.8) is 0 Å². The first-order chi connectivity index (χ1) is 9.56. The smallest absolute Gasteiger partial charge is 0.412 e. The minimum absolute atomic E-state index is 0.505. The fraction of sp³-hybridized carbons (Fsp3) is 0.467. The van der Waals surface area contributed by atoms with Gasteiger partial charge in [0.1, 0.15) is 5.60 Å². The highest BCUT2D eigenvalue weighted by atomic mass is 16.6. The molecule has 0 saturated carbocycles. The maximum atomic E-state index is 11.9. The molecule has 6 heteroatoms. The van der Waals surface area contributed by atoms with Crippen molar-refractivity contribution in [1.29, 1.82) is 0 Å². The Bertz CT molecular complexity index is 663. The van der Waals surface area contributed by atoms with Gasteiger partial charge in [0.25, 0.3) is 0 Å². The number of aliphatic hydroxyl groups is 1. The third-order valence-corrected chi connectivity index (χ3v) is 2.87. The highest BCUT2D eigenvalue weighted by Gasteiger charge is 2.24. The zero-order valence-corrected chi connectivity index (χ0v) is 12.9. The molecule has 1 aromatic heterocycles. The molecule has 1 aromatic carbocycles. The fourth-order valence-electron chi connectivity index (χ4n) is 2.01. The lowest BCUT2D eigenvalue weighted by atomic mass is 9.95. The number of aromatic nitrogens is 2. The number of carbonyl (C=O) groups is 1. The summed E-state index contributed by atoms with van der Waals surface area (Å²) in [4.78, 5) is 11.9. The summed E-state index contributed by atoms with van der Waals surface area (Å²) in [5, 5.41) is 20.6. The molecule has 0 aliphatic rings. The number of hydrogen-bond acceptors (Lipinski definition) is 4. The Balaban J connectivity index is 2.39. The average molecular weight is 291 g/mol. The van der Waals surface area contributed by atoms with E-state index in [0.29, 0.717) is 11.3 Å². The molecule has 0 spiro atoms. The number of carbonyl (C=O) groups excluding carboxylic acids is 1. The molecule has 0 fully saturated rings. The van der Waals surface area contributed by atoms with Crippen LogP contribution in [0.15, 0.2) is 18.3 Å². The molecule has 0 radical (unpaired) electrons. The van der Waals surface area contributed by atoms with E-state index in [1.807, 2.05) is 0 Å². The molecule has 1 heterocycles. The van der Waals surface area contributed by atoms with E-state index in [2.05, 4.69) is 15.5 Å². The van der Waals surface area contributed by atoms with Crippen molar-refractivity contribution >= 4 is 22.7 Å². The lowest BCUT2D eigenvalue weighted by Crippen LogP contribution is -2.28. The topological polar surface area (TPSA) is 87.2 Å². The standard InChI is InChI=1S/C15H21N3O3/c1-14(2,3)21-13(19)17-12-6-9-8-16-18-11(9)7-10(12)15(4,5)20/h6-8,20H,1-5H3,(H,16,18)(H,17,19). The van der Waals surface area contributed by atoms with Crippen LogP contribution in [0.1, 0.15) is 40.2 Å². The molecule has 1 amide bonds. The first kappa shape index (κ1) is 15.3. The van der Waals surface area contributed by atoms with Crippen LogP contribution in [-0.4, -0.2) is 27.0 Å². The minimum Gasteiger partial charge on any atom is -0.444 e. The Hall–Kier alpha value is -2.08. The Kier molecular flexibility index (Phi) is 3.67. The van der Waals surface area contributed by atoms with Crippen LogP contribution < -0.4 is 5.32 Å². The highest BCUT2D eigenvalue weighted by Crippen LogP contribution is 2.31. The van der Waals surface area contributed by atoms with E-state index in [4.69, 9.17) is 4.74 Å². The molecular formula is C15H21N3O3. The summed E-state index contributed by atoms with van der Waals surface area (Å²) in [5.74, 6) is 0. The third kappa shape index (κ3) is 3.72. The van der Waals surface area contributed by atoms with Gasteiger partial charge < -0.3 is 9.84 Å². The molecule has 114 valence electrons. The van der Waals surface area contributed by atoms with E-state index < -0.39 is 17.3 Å². The number of amides is 1. The maximum Gasteiger partial charge on any atom is 0.412 e. The predicted octanol–water partition coefficient (Wildman–Crippen LogP) is 3.14. The van der Waals surface area contributed by atoms with E-state index >= 15 is 0 Å². The lowest BCUT2D eigenvalue weighted by molar-refractivity contribution is 0.0632. The zero-order chi connectivity index (χ0) is 15.8. The Morgan fingerprint density at radius 3 is 2.52 bits per heavy atom. The molecule has 0 aliphatic carbocycles. The van der Waals surface area contributed by atoms with Crippen molar-refractivity contribution in [2.75, 3.05) is 5.32 Å². The molecule has 0 unspecified atom stereocenters. The number of nitrogens with zero attached hydrogens (tertiary/aromatic N) is 1. The SMILES string of the molecule is CC(C)(C)OC(=O)Nc1cc2cn[nH]c2cc1C(C)(C)O. The maximum absolute atomic E-state index is 11.9. The molecule has 6 nitrogen and oxygen atoms in total. The van der Waals surface area contributed by atoms with Crippen LogP contribution in [-0.2, 0) is 10.3 Å². The second-order valence-corrected chi connectivity index (χ2v) is 6.54. The number of aromatic amines is 1. The molecule has 2 rings (SSSR count). The van der Waals surface area contributed by atoms with Gasteiger partial charge in [0, 0.05) is 10.9 Å². The number of hydrogen-bond donors (Lipinski definition) is 3. The molecule has 21 heavy (non-hydrogen) atoms. The first-order valence-electron chi connectivity index (χ1n) is 6.76. The van der Waals surface area contributed by atoms with Crippen molar-refractivity contribution in [3.05, 3.63) is 23.9 Å². The van der Waals surface area contributed by atoms with Crippen molar-refractivity contribution in [2.45, 2.75) is 45.8 Å². The summed E-state index contributed by atoms with van der Waals surface area (Å²) in [5.41, 5.74) is 0.195. The van der Waals surface area contributed by atoms with Gasteiger partial charge in [-0.05, 0) is 46.8 Å². The second kappa shape index (κ2) is 5.04. The van der Waals surface area contributed by atoms with Gasteiger partial charge in [0.05, 0.1) is 23.0 Å². The minimum atomic E-state index is -1.11. The van der Waals surface area contributed by atoms with Gasteiger partial charge in [-0.2, -0.15) is 5.10 Å². The summed E-state index contributed by atoms with van der Waals surface area (Å²) in [6, 6.07) is 3.53. The van der Waals surface area contributed by atoms with Gasteiger partial charge >= 0.3 is 6.09 Å². The van der Waals surface area contributed by atoms with Crippen LogP contribution in [0.5, 0.6) is 0 Å². The highest BCUT2D eigenvalue weighted by molar-refractivity contribution is 5.91. The molecular weight excluding hydrogens is 270 g/mol. The van der Waals surface area contributed by atoms with Crippen molar-refractivity contribution in [3.8, 4) is 0 Å². The van der Waals surface area contributed by atoms with Crippen molar-refractivity contribution in [1.82, 2.24) is 10.2 Å². The van der Waals surface area contributed by atoms with E-state index in [-0.39, 0.29) is 0 Å². The van der Waals surface area contributed by atoms with Gasteiger partial charge in [0.15, 0.2) is 0 Å². The summed E-state index contributed by atoms with van der Waals surface area (Å²) >= 11 is 0. The Morgan fingerprint density at radius 1 is 1.29 bits per heavy atom. The van der Waals surface area contributed by atoms with Crippen LogP contribution in [0.25, 0.3) is 10.9 Å². The molecule has 0 bridgehead atoms. The number of fused-ring (bicyclic) bond motifs is 1. The average Bonchev–Trinajstić information content (AvgIpc) is 2.70. The quantitative estimate of drug-likeness (QED) is 0.793. The van der Waals surface area contributed by atoms with E-state index in [9.17, 15) is 9.90 Å². The zero-order valence-electron chi connectivity index (χ0n) is 12.9. The van der Waals surface area contributed by atoms with Gasteiger partial charge in [-0.1, -0.05) is 0 Å². The van der Waals surface area contributed by atoms with Gasteiger partial charge in [-0.15, -0.1) is 0 Å². The first-order valence-corrected chi connectivity index (χ1v) is 6.76. The largest absolute Gasteiger partial charge is 0.444 e. The number of nitrogens with one attached hydrogen (secondary N) is 2. The predicted molar refractivity (Wildman–Crippen MR) is 81.2 cm³/mol. The van der Waals surface area contributed by atoms with Crippen molar-refractivity contribution in [2.24, 2.45) is 0 Å². The lowest BCUT2D eigenvalue weighted by Gasteiger charge is -2.24. The normalized spacial score (nSPS) is 12.5. The van der Waals surface area contributed by atoms with E-state index in [1.54, 1.807) is 52.9 Å². The third-order valence-electron chi connectivity index (χ3n) is 2.87. The van der Waals surface area contributed by atoms with Gasteiger partial charge in [-0.3, -0.25) is 10.4 Å². The van der Waals surface area contributed by atoms with Crippen LogP contribution in [0.3, 0.4) is 0 Å². The molecule has 3 N–H and O–H groups in total. The monoisotopic (exact) mass is 291 g/mol. The molecule has 2 aromatic rings. The second-order valence-electron chi connectivity index (χ2n) is 6.54. The van der Waals surface area contributed by atoms with E-state index in [1.165, 1.54) is 0 Å². The number of benzene rings is 1. The summed E-state index contributed by atoms with van der Waals surface area (Å²) in [6.07, 6.45) is 1.10. The van der Waals surface area contributed by atoms with Gasteiger partial charge in [-0.25, -0.2) is 4.79 Å². The van der Waals surface area contributed by atoms with Crippen LogP contribution in [0.4, 0.5) is 10.5 Å². The number of rotatable bonds is 2. The van der Waals surface area contributed by atoms with Gasteiger partial charge in [0.2, 0.25) is 0 Å². The van der Waals surface area contributed by atoms with Crippen LogP contribution in [0.2, 0.25) is 0 Å². The van der Waals surface area contributed by atoms with Crippen LogP contribution >= 0.6 is 0 Å². The summed E-state index contributed by atoms with van der Waals surface area (Å²) in [6.45, 7) is 8.70. The van der Waals surface area contributed by atoms with Crippen molar-refractivity contribution < 1.29 is 14.6 Å². The number of ether oxygens (including phenoxy) is 1. The molecule has 0 aliphatic heterocycles. The molecule has 0 atom stereocenters. The molecule has 0 saturated heterocycles. The van der Waals surface area contributed by atoms with Crippen LogP contribution in [0, 0.1) is 0 Å². The number of H-pyrrole nitrogens is 1.